The lowest BCUT2D eigenvalue weighted by Gasteiger charge is -2.18. The van der Waals surface area contributed by atoms with E-state index in [0.717, 1.165) is 27.5 Å². The first-order valence-corrected chi connectivity index (χ1v) is 13.7. The van der Waals surface area contributed by atoms with Gasteiger partial charge in [0, 0.05) is 59.5 Å². The smallest absolute Gasteiger partial charge is 0.274 e. The van der Waals surface area contributed by atoms with Crippen LogP contribution in [0.25, 0.3) is 44.6 Å². The van der Waals surface area contributed by atoms with Crippen molar-refractivity contribution in [3.8, 4) is 22.6 Å². The molecule has 1 aliphatic rings. The average Bonchev–Trinajstić information content (AvgIpc) is 3.31. The average molecular weight is 500 g/mol. The molecule has 0 unspecified atom stereocenters. The van der Waals surface area contributed by atoms with Crippen LogP contribution in [0.4, 0.5) is 0 Å². The molecule has 0 bridgehead atoms. The summed E-state index contributed by atoms with van der Waals surface area (Å²) in [5.74, 6) is 0.469. The first-order valence-electron chi connectivity index (χ1n) is 11.7. The summed E-state index contributed by atoms with van der Waals surface area (Å²) in [6.07, 6.45) is 12.3. The third-order valence-electron chi connectivity index (χ3n) is 6.99. The molecule has 10 heteroatoms. The summed E-state index contributed by atoms with van der Waals surface area (Å²) in [5.41, 5.74) is 3.87. The lowest BCUT2D eigenvalue weighted by molar-refractivity contribution is 0.663. The molecule has 6 rings (SSSR count). The lowest BCUT2D eigenvalue weighted by Crippen LogP contribution is -2.21. The summed E-state index contributed by atoms with van der Waals surface area (Å²) in [6, 6.07) is 7.49. The van der Waals surface area contributed by atoms with Crippen molar-refractivity contribution in [3.63, 3.8) is 0 Å². The molecule has 1 saturated carbocycles. The predicted molar refractivity (Wildman–Crippen MR) is 141 cm³/mol. The van der Waals surface area contributed by atoms with Crippen LogP contribution < -0.4 is 5.56 Å². The fraction of sp³-hybridized carbons (Fsp3) is 0.231. The summed E-state index contributed by atoms with van der Waals surface area (Å²) < 4.78 is 22.3. The van der Waals surface area contributed by atoms with Gasteiger partial charge in [0.05, 0.1) is 25.9 Å². The molecule has 1 atom stereocenters. The highest BCUT2D eigenvalue weighted by Gasteiger charge is 2.53. The van der Waals surface area contributed by atoms with E-state index in [-0.39, 0.29) is 5.56 Å². The standard InChI is InChI=1S/C26H25N7O2S/c1-3-4-13-33-15-19(16-5-10-28-22(16)25(33)34)20-14-21(26(8-9-26)36(2,27)35)32-24(31-20)18-7-12-30-23-17(18)6-11-29-23/h3,5-7,10-12,14-15,27-28H,1,4,8-9,13H2,2H3,(H,29,30)/t36-/m1/s1. The van der Waals surface area contributed by atoms with E-state index in [1.807, 2.05) is 36.7 Å². The SMILES string of the molecule is C=CCCn1cc(-c2cc(C3([S@](C)(=N)=O)CC3)nc(-c3ccnc4[nH]ccc34)n2)c2cc[nH]c2c1=O. The summed E-state index contributed by atoms with van der Waals surface area (Å²) in [6.45, 7) is 4.26. The van der Waals surface area contributed by atoms with E-state index in [1.54, 1.807) is 23.0 Å². The highest BCUT2D eigenvalue weighted by molar-refractivity contribution is 7.93. The molecule has 36 heavy (non-hydrogen) atoms. The van der Waals surface area contributed by atoms with Gasteiger partial charge in [-0.2, -0.15) is 0 Å². The van der Waals surface area contributed by atoms with Gasteiger partial charge in [-0.3, -0.25) is 9.57 Å². The third-order valence-corrected chi connectivity index (χ3v) is 9.10. The number of aromatic amines is 2. The van der Waals surface area contributed by atoms with Crippen molar-refractivity contribution in [2.24, 2.45) is 0 Å². The zero-order valence-corrected chi connectivity index (χ0v) is 20.6. The fourth-order valence-corrected chi connectivity index (χ4v) is 6.24. The maximum atomic E-state index is 13.1. The van der Waals surface area contributed by atoms with Crippen molar-refractivity contribution in [2.45, 2.75) is 30.6 Å². The van der Waals surface area contributed by atoms with Gasteiger partial charge in [-0.05, 0) is 43.5 Å². The zero-order valence-electron chi connectivity index (χ0n) is 19.7. The van der Waals surface area contributed by atoms with Crippen LogP contribution in [0.5, 0.6) is 0 Å². The molecule has 0 amide bonds. The second-order valence-corrected chi connectivity index (χ2v) is 11.8. The Morgan fingerprint density at radius 2 is 1.94 bits per heavy atom. The molecule has 1 fully saturated rings. The largest absolute Gasteiger partial charge is 0.357 e. The van der Waals surface area contributed by atoms with Crippen LogP contribution in [0, 0.1) is 4.78 Å². The van der Waals surface area contributed by atoms with Gasteiger partial charge in [-0.15, -0.1) is 6.58 Å². The number of aromatic nitrogens is 6. The number of pyridine rings is 2. The number of nitrogens with zero attached hydrogens (tertiary/aromatic N) is 4. The Hall–Kier alpha value is -4.05. The van der Waals surface area contributed by atoms with E-state index < -0.39 is 14.5 Å². The van der Waals surface area contributed by atoms with E-state index in [1.165, 1.54) is 6.26 Å². The Morgan fingerprint density at radius 3 is 2.69 bits per heavy atom. The van der Waals surface area contributed by atoms with Crippen LogP contribution in [-0.2, 0) is 21.0 Å². The van der Waals surface area contributed by atoms with Crippen LogP contribution in [0.3, 0.4) is 0 Å². The molecule has 1 aliphatic carbocycles. The number of allylic oxidation sites excluding steroid dienone is 1. The quantitative estimate of drug-likeness (QED) is 0.282. The van der Waals surface area contributed by atoms with Gasteiger partial charge in [0.2, 0.25) is 0 Å². The van der Waals surface area contributed by atoms with Gasteiger partial charge < -0.3 is 14.5 Å². The number of hydrogen-bond acceptors (Lipinski definition) is 6. The maximum Gasteiger partial charge on any atom is 0.274 e. The Labute approximate surface area is 207 Å². The highest BCUT2D eigenvalue weighted by Crippen LogP contribution is 2.52. The summed E-state index contributed by atoms with van der Waals surface area (Å²) in [5, 5.41) is 1.62. The molecule has 0 aromatic carbocycles. The summed E-state index contributed by atoms with van der Waals surface area (Å²) in [4.78, 5) is 33.4. The first kappa shape index (κ1) is 22.4. The summed E-state index contributed by atoms with van der Waals surface area (Å²) >= 11 is 0. The van der Waals surface area contributed by atoms with Crippen LogP contribution in [0.2, 0.25) is 0 Å². The molecule has 0 saturated heterocycles. The van der Waals surface area contributed by atoms with E-state index in [9.17, 15) is 9.00 Å². The Bertz CT molecular complexity index is 1820. The monoisotopic (exact) mass is 499 g/mol. The number of H-pyrrole nitrogens is 2. The van der Waals surface area contributed by atoms with Crippen molar-refractivity contribution in [1.29, 1.82) is 4.78 Å². The fourth-order valence-electron chi connectivity index (χ4n) is 4.85. The molecule has 182 valence electrons. The molecule has 0 radical (unpaired) electrons. The van der Waals surface area contributed by atoms with E-state index in [2.05, 4.69) is 21.5 Å². The van der Waals surface area contributed by atoms with Gasteiger partial charge in [0.25, 0.3) is 5.56 Å². The van der Waals surface area contributed by atoms with Crippen molar-refractivity contribution in [3.05, 3.63) is 77.8 Å². The third kappa shape index (κ3) is 3.40. The van der Waals surface area contributed by atoms with Crippen molar-refractivity contribution >= 4 is 31.7 Å². The molecule has 0 aliphatic heterocycles. The molecule has 0 spiro atoms. The zero-order chi connectivity index (χ0) is 25.1. The van der Waals surface area contributed by atoms with Crippen LogP contribution in [0.15, 0.2) is 66.5 Å². The first-order chi connectivity index (χ1) is 17.3. The van der Waals surface area contributed by atoms with Crippen LogP contribution in [0.1, 0.15) is 25.0 Å². The van der Waals surface area contributed by atoms with Gasteiger partial charge >= 0.3 is 0 Å². The molecule has 5 heterocycles. The Balaban J connectivity index is 1.65. The summed E-state index contributed by atoms with van der Waals surface area (Å²) in [7, 11) is -2.91. The topological polar surface area (TPSA) is 133 Å². The number of rotatable bonds is 7. The minimum Gasteiger partial charge on any atom is -0.357 e. The molecule has 9 nitrogen and oxygen atoms in total. The van der Waals surface area contributed by atoms with Crippen molar-refractivity contribution < 1.29 is 4.21 Å². The van der Waals surface area contributed by atoms with E-state index in [4.69, 9.17) is 14.7 Å². The van der Waals surface area contributed by atoms with Gasteiger partial charge in [0.1, 0.15) is 11.2 Å². The minimum atomic E-state index is -2.91. The van der Waals surface area contributed by atoms with Crippen molar-refractivity contribution in [1.82, 2.24) is 29.5 Å². The molecule has 5 aromatic heterocycles. The lowest BCUT2D eigenvalue weighted by atomic mass is 10.1. The van der Waals surface area contributed by atoms with Crippen LogP contribution in [-0.4, -0.2) is 40.0 Å². The van der Waals surface area contributed by atoms with Gasteiger partial charge in [0.15, 0.2) is 5.82 Å². The predicted octanol–water partition coefficient (Wildman–Crippen LogP) is 4.57. The van der Waals surface area contributed by atoms with Gasteiger partial charge in [-0.1, -0.05) is 6.08 Å². The van der Waals surface area contributed by atoms with Crippen LogP contribution >= 0.6 is 0 Å². The molecular weight excluding hydrogens is 474 g/mol. The highest BCUT2D eigenvalue weighted by atomic mass is 32.2. The molecular formula is C26H25N7O2S. The second-order valence-electron chi connectivity index (χ2n) is 9.28. The van der Waals surface area contributed by atoms with Gasteiger partial charge in [-0.25, -0.2) is 19.2 Å². The minimum absolute atomic E-state index is 0.111. The number of fused-ring (bicyclic) bond motifs is 2. The number of nitrogens with one attached hydrogen (secondary N) is 3. The number of aryl methyl sites for hydroxylation is 1. The molecule has 5 aromatic rings. The Kier molecular flexibility index (Phi) is 4.97. The normalized spacial score (nSPS) is 16.2. The second kappa shape index (κ2) is 7.99. The molecule has 3 N–H and O–H groups in total. The maximum absolute atomic E-state index is 13.1. The van der Waals surface area contributed by atoms with E-state index in [0.29, 0.717) is 48.5 Å². The van der Waals surface area contributed by atoms with Crippen molar-refractivity contribution in [2.75, 3.05) is 6.26 Å². The van der Waals surface area contributed by atoms with E-state index >= 15 is 0 Å². The Morgan fingerprint density at radius 1 is 1.17 bits per heavy atom. The number of hydrogen-bond donors (Lipinski definition) is 3.